The van der Waals surface area contributed by atoms with Crippen LogP contribution in [-0.4, -0.2) is 30.7 Å². The van der Waals surface area contributed by atoms with E-state index in [4.69, 9.17) is 0 Å². The molecule has 3 aromatic heterocycles. The maximum atomic E-state index is 11.2. The number of carbonyl (C=O) groups is 1. The number of aryl methyl sites for hydroxylation is 1. The maximum absolute atomic E-state index is 11.2. The molecule has 0 spiro atoms. The van der Waals surface area contributed by atoms with Crippen LogP contribution < -0.4 is 0 Å². The van der Waals surface area contributed by atoms with Crippen molar-refractivity contribution < 1.29 is 9.90 Å². The second kappa shape index (κ2) is 4.16. The van der Waals surface area contributed by atoms with E-state index in [1.165, 1.54) is 4.52 Å². The molecule has 0 fully saturated rings. The van der Waals surface area contributed by atoms with Crippen molar-refractivity contribution in [3.05, 3.63) is 48.0 Å². The summed E-state index contributed by atoms with van der Waals surface area (Å²) in [5.41, 5.74) is 2.61. The summed E-state index contributed by atoms with van der Waals surface area (Å²) in [6, 6.07) is 7.20. The Morgan fingerprint density at radius 2 is 1.95 bits per heavy atom. The zero-order chi connectivity index (χ0) is 13.4. The van der Waals surface area contributed by atoms with Crippen LogP contribution in [0.5, 0.6) is 0 Å². The highest BCUT2D eigenvalue weighted by atomic mass is 16.4. The van der Waals surface area contributed by atoms with Crippen LogP contribution in [0.25, 0.3) is 16.9 Å². The highest BCUT2D eigenvalue weighted by Crippen LogP contribution is 2.18. The number of nitrogens with zero attached hydrogens (tertiary/aromatic N) is 4. The summed E-state index contributed by atoms with van der Waals surface area (Å²) in [6.45, 7) is 1.66. The molecule has 0 atom stereocenters. The Hall–Kier alpha value is -2.76. The van der Waals surface area contributed by atoms with E-state index in [2.05, 4.69) is 15.1 Å². The minimum atomic E-state index is -1.04. The fourth-order valence-corrected chi connectivity index (χ4v) is 1.97. The van der Waals surface area contributed by atoms with Gasteiger partial charge in [-0.05, 0) is 31.2 Å². The Bertz CT molecular complexity index is 765. The third-order valence-corrected chi connectivity index (χ3v) is 2.83. The second-order valence-electron chi connectivity index (χ2n) is 4.08. The SMILES string of the molecule is Cc1nc2ccc(-c3ccncc3)nn2c1C(=O)O. The molecule has 0 amide bonds. The molecule has 3 aromatic rings. The first-order valence-corrected chi connectivity index (χ1v) is 5.67. The van der Waals surface area contributed by atoms with Crippen LogP contribution in [0.1, 0.15) is 16.2 Å². The molecule has 0 bridgehead atoms. The molecule has 0 aliphatic rings. The van der Waals surface area contributed by atoms with Crippen molar-refractivity contribution in [1.82, 2.24) is 19.6 Å². The number of imidazole rings is 1. The van der Waals surface area contributed by atoms with Gasteiger partial charge in [-0.2, -0.15) is 5.10 Å². The Kier molecular flexibility index (Phi) is 2.49. The molecule has 0 aliphatic carbocycles. The number of carboxylic acid groups (broad SMARTS) is 1. The van der Waals surface area contributed by atoms with E-state index in [-0.39, 0.29) is 5.69 Å². The standard InChI is InChI=1S/C13H10N4O2/c1-8-12(13(18)19)17-11(15-8)3-2-10(16-17)9-4-6-14-7-5-9/h2-7H,1H3,(H,18,19). The number of pyridine rings is 1. The zero-order valence-corrected chi connectivity index (χ0v) is 10.1. The molecule has 0 unspecified atom stereocenters. The minimum absolute atomic E-state index is 0.0888. The first-order valence-electron chi connectivity index (χ1n) is 5.67. The second-order valence-corrected chi connectivity index (χ2v) is 4.08. The summed E-state index contributed by atoms with van der Waals surface area (Å²) in [5, 5.41) is 13.5. The van der Waals surface area contributed by atoms with Gasteiger partial charge in [-0.15, -0.1) is 0 Å². The molecule has 3 heterocycles. The summed E-state index contributed by atoms with van der Waals surface area (Å²) >= 11 is 0. The van der Waals surface area contributed by atoms with Gasteiger partial charge in [-0.3, -0.25) is 4.98 Å². The Morgan fingerprint density at radius 3 is 2.63 bits per heavy atom. The lowest BCUT2D eigenvalue weighted by atomic mass is 10.2. The molecule has 1 N–H and O–H groups in total. The number of hydrogen-bond acceptors (Lipinski definition) is 4. The Morgan fingerprint density at radius 1 is 1.21 bits per heavy atom. The molecule has 0 aliphatic heterocycles. The van der Waals surface area contributed by atoms with Gasteiger partial charge in [0.15, 0.2) is 11.3 Å². The smallest absolute Gasteiger partial charge is 0.356 e. The lowest BCUT2D eigenvalue weighted by molar-refractivity contribution is 0.0687. The first-order chi connectivity index (χ1) is 9.16. The van der Waals surface area contributed by atoms with E-state index in [1.807, 2.05) is 18.2 Å². The van der Waals surface area contributed by atoms with Gasteiger partial charge >= 0.3 is 5.97 Å². The van der Waals surface area contributed by atoms with Crippen LogP contribution in [0, 0.1) is 6.92 Å². The average molecular weight is 254 g/mol. The summed E-state index contributed by atoms with van der Waals surface area (Å²) in [5.74, 6) is -1.04. The lowest BCUT2D eigenvalue weighted by Gasteiger charge is -2.02. The number of aromatic nitrogens is 4. The van der Waals surface area contributed by atoms with Gasteiger partial charge in [0, 0.05) is 18.0 Å². The molecule has 0 radical (unpaired) electrons. The molecule has 19 heavy (non-hydrogen) atoms. The van der Waals surface area contributed by atoms with Crippen molar-refractivity contribution >= 4 is 11.6 Å². The van der Waals surface area contributed by atoms with Crippen molar-refractivity contribution in [2.45, 2.75) is 6.92 Å². The number of carboxylic acids is 1. The van der Waals surface area contributed by atoms with Crippen molar-refractivity contribution in [3.63, 3.8) is 0 Å². The lowest BCUT2D eigenvalue weighted by Crippen LogP contribution is -2.06. The fourth-order valence-electron chi connectivity index (χ4n) is 1.97. The summed E-state index contributed by atoms with van der Waals surface area (Å²) in [7, 11) is 0. The van der Waals surface area contributed by atoms with E-state index in [0.717, 1.165) is 5.56 Å². The number of rotatable bonds is 2. The van der Waals surface area contributed by atoms with Crippen molar-refractivity contribution in [2.75, 3.05) is 0 Å². The zero-order valence-electron chi connectivity index (χ0n) is 10.1. The Labute approximate surface area is 108 Å². The van der Waals surface area contributed by atoms with Crippen LogP contribution >= 0.6 is 0 Å². The molecule has 0 saturated heterocycles. The van der Waals surface area contributed by atoms with Crippen LogP contribution in [0.15, 0.2) is 36.7 Å². The van der Waals surface area contributed by atoms with Crippen molar-refractivity contribution in [1.29, 1.82) is 0 Å². The molecule has 6 nitrogen and oxygen atoms in total. The molecule has 94 valence electrons. The summed E-state index contributed by atoms with van der Waals surface area (Å²) in [6.07, 6.45) is 3.33. The summed E-state index contributed by atoms with van der Waals surface area (Å²) < 4.78 is 1.35. The van der Waals surface area contributed by atoms with Crippen LogP contribution in [0.2, 0.25) is 0 Å². The van der Waals surface area contributed by atoms with E-state index in [1.54, 1.807) is 25.4 Å². The van der Waals surface area contributed by atoms with Gasteiger partial charge in [0.2, 0.25) is 0 Å². The van der Waals surface area contributed by atoms with E-state index in [9.17, 15) is 9.90 Å². The van der Waals surface area contributed by atoms with Crippen LogP contribution in [0.4, 0.5) is 0 Å². The predicted octanol–water partition coefficient (Wildman–Crippen LogP) is 1.80. The molecular weight excluding hydrogens is 244 g/mol. The molecule has 3 rings (SSSR count). The van der Waals surface area contributed by atoms with E-state index < -0.39 is 5.97 Å². The van der Waals surface area contributed by atoms with E-state index >= 15 is 0 Å². The molecular formula is C13H10N4O2. The van der Waals surface area contributed by atoms with Gasteiger partial charge in [-0.1, -0.05) is 0 Å². The van der Waals surface area contributed by atoms with E-state index in [0.29, 0.717) is 17.0 Å². The largest absolute Gasteiger partial charge is 0.476 e. The van der Waals surface area contributed by atoms with Gasteiger partial charge in [0.25, 0.3) is 0 Å². The fraction of sp³-hybridized carbons (Fsp3) is 0.0769. The molecule has 0 saturated carbocycles. The Balaban J connectivity index is 2.25. The average Bonchev–Trinajstić information content (AvgIpc) is 2.74. The third kappa shape index (κ3) is 1.83. The normalized spacial score (nSPS) is 10.8. The van der Waals surface area contributed by atoms with Crippen molar-refractivity contribution in [2.24, 2.45) is 0 Å². The van der Waals surface area contributed by atoms with Gasteiger partial charge < -0.3 is 5.11 Å². The molecule has 0 aromatic carbocycles. The minimum Gasteiger partial charge on any atom is -0.476 e. The monoisotopic (exact) mass is 254 g/mol. The maximum Gasteiger partial charge on any atom is 0.356 e. The number of aromatic carboxylic acids is 1. The highest BCUT2D eigenvalue weighted by Gasteiger charge is 2.16. The molecule has 6 heteroatoms. The van der Waals surface area contributed by atoms with Gasteiger partial charge in [-0.25, -0.2) is 14.3 Å². The highest BCUT2D eigenvalue weighted by molar-refractivity contribution is 5.88. The van der Waals surface area contributed by atoms with Crippen LogP contribution in [-0.2, 0) is 0 Å². The first kappa shape index (κ1) is 11.3. The van der Waals surface area contributed by atoms with Crippen molar-refractivity contribution in [3.8, 4) is 11.3 Å². The quantitative estimate of drug-likeness (QED) is 0.754. The predicted molar refractivity (Wildman–Crippen MR) is 67.9 cm³/mol. The van der Waals surface area contributed by atoms with Gasteiger partial charge in [0.1, 0.15) is 0 Å². The number of fused-ring (bicyclic) bond motifs is 1. The third-order valence-electron chi connectivity index (χ3n) is 2.83. The number of hydrogen-bond donors (Lipinski definition) is 1. The van der Waals surface area contributed by atoms with Gasteiger partial charge in [0.05, 0.1) is 11.4 Å². The summed E-state index contributed by atoms with van der Waals surface area (Å²) in [4.78, 5) is 19.4. The topological polar surface area (TPSA) is 80.4 Å². The van der Waals surface area contributed by atoms with Crippen LogP contribution in [0.3, 0.4) is 0 Å².